The van der Waals surface area contributed by atoms with Gasteiger partial charge in [-0.05, 0) is 9.05 Å². The average molecular weight is 200 g/mol. The van der Waals surface area contributed by atoms with Crippen LogP contribution in [0.15, 0.2) is 0 Å². The molecule has 0 rings (SSSR count). The van der Waals surface area contributed by atoms with Crippen LogP contribution < -0.4 is 0 Å². The molecule has 0 bridgehead atoms. The van der Waals surface area contributed by atoms with Crippen molar-refractivity contribution < 1.29 is 36.2 Å². The molecule has 3 nitrogen and oxygen atoms in total. The third kappa shape index (κ3) is 4.41. The second-order valence-electron chi connectivity index (χ2n) is 1.15. The summed E-state index contributed by atoms with van der Waals surface area (Å²) in [4.78, 5) is 0. The third-order valence-electron chi connectivity index (χ3n) is 0.498. The maximum absolute atomic E-state index is 11.7. The van der Waals surface area contributed by atoms with Crippen LogP contribution in [-0.2, 0) is 14.0 Å². The maximum Gasteiger partial charge on any atom is 0.405 e. The van der Waals surface area contributed by atoms with Crippen molar-refractivity contribution in [2.24, 2.45) is 0 Å². The normalized spacial score (nSPS) is 14.5. The van der Waals surface area contributed by atoms with Crippen molar-refractivity contribution in [3.05, 3.63) is 0 Å². The van der Waals surface area contributed by atoms with Crippen LogP contribution in [0.4, 0.5) is 22.2 Å². The maximum atomic E-state index is 11.7. The van der Waals surface area contributed by atoms with Gasteiger partial charge in [0.15, 0.2) is 0 Å². The predicted molar refractivity (Wildman–Crippen MR) is 23.3 cm³/mol. The Morgan fingerprint density at radius 3 is 1.73 bits per heavy atom. The number of alkyl halides is 3. The molecule has 0 N–H and O–H groups in total. The van der Waals surface area contributed by atoms with Gasteiger partial charge >= 0.3 is 8.60 Å². The Bertz CT molecular complexity index is 99.7. The number of hydrogen-bond donors (Lipinski definition) is 0. The molecule has 0 aromatic rings. The van der Waals surface area contributed by atoms with E-state index in [2.05, 4.69) is 14.0 Å². The van der Waals surface area contributed by atoms with Gasteiger partial charge in [-0.1, -0.05) is 0 Å². The summed E-state index contributed by atoms with van der Waals surface area (Å²) in [5.74, 6) is 0. The fourth-order valence-electron chi connectivity index (χ4n) is 0.171. The summed E-state index contributed by atoms with van der Waals surface area (Å²) < 4.78 is 64.2. The van der Waals surface area contributed by atoms with E-state index in [1.165, 1.54) is 0 Å². The molecule has 9 heteroatoms. The first-order valence-electron chi connectivity index (χ1n) is 2.08. The van der Waals surface area contributed by atoms with Gasteiger partial charge < -0.3 is 0 Å². The Morgan fingerprint density at radius 2 is 1.45 bits per heavy atom. The standard InChI is InChI=1S/C2H2F5O3P/c3-1(4)2(5)8-11(9-6)10-7/h1-2H. The lowest BCUT2D eigenvalue weighted by molar-refractivity contribution is -0.137. The molecule has 0 saturated carbocycles. The average Bonchev–Trinajstić information content (AvgIpc) is 1.99. The van der Waals surface area contributed by atoms with Crippen molar-refractivity contribution in [1.29, 1.82) is 0 Å². The minimum Gasteiger partial charge on any atom is -0.267 e. The lowest BCUT2D eigenvalue weighted by Gasteiger charge is -2.08. The van der Waals surface area contributed by atoms with E-state index in [1.54, 1.807) is 0 Å². The zero-order valence-electron chi connectivity index (χ0n) is 4.72. The van der Waals surface area contributed by atoms with Gasteiger partial charge in [-0.15, -0.1) is 9.46 Å². The van der Waals surface area contributed by atoms with E-state index < -0.39 is 21.4 Å². The predicted octanol–water partition coefficient (Wildman–Crippen LogP) is 2.59. The number of halogens is 5. The second-order valence-corrected chi connectivity index (χ2v) is 2.09. The highest BCUT2D eigenvalue weighted by atomic mass is 31.2. The molecule has 0 saturated heterocycles. The van der Waals surface area contributed by atoms with Gasteiger partial charge in [-0.3, -0.25) is 4.52 Å². The van der Waals surface area contributed by atoms with E-state index in [1.807, 2.05) is 0 Å². The molecule has 0 heterocycles. The van der Waals surface area contributed by atoms with E-state index in [4.69, 9.17) is 0 Å². The van der Waals surface area contributed by atoms with E-state index in [9.17, 15) is 22.2 Å². The highest BCUT2D eigenvalue weighted by molar-refractivity contribution is 7.41. The minimum atomic E-state index is -3.51. The molecule has 0 radical (unpaired) electrons. The SMILES string of the molecule is FOP(OF)OC(F)C(F)F. The van der Waals surface area contributed by atoms with Gasteiger partial charge in [-0.2, -0.15) is 0 Å². The lowest BCUT2D eigenvalue weighted by Crippen LogP contribution is -2.13. The van der Waals surface area contributed by atoms with Crippen LogP contribution in [0.1, 0.15) is 0 Å². The monoisotopic (exact) mass is 200 g/mol. The topological polar surface area (TPSA) is 27.7 Å². The molecule has 1 unspecified atom stereocenters. The molecular weight excluding hydrogens is 198 g/mol. The first-order chi connectivity index (χ1) is 5.11. The van der Waals surface area contributed by atoms with Crippen molar-refractivity contribution in [1.82, 2.24) is 0 Å². The van der Waals surface area contributed by atoms with Gasteiger partial charge in [0.1, 0.15) is 0 Å². The lowest BCUT2D eigenvalue weighted by atomic mass is 10.7. The summed E-state index contributed by atoms with van der Waals surface area (Å²) in [6.07, 6.45) is -6.64. The number of hydrogen-bond acceptors (Lipinski definition) is 3. The van der Waals surface area contributed by atoms with Gasteiger partial charge in [0, 0.05) is 0 Å². The Kier molecular flexibility index (Phi) is 5.57. The van der Waals surface area contributed by atoms with Crippen molar-refractivity contribution in [2.75, 3.05) is 0 Å². The van der Waals surface area contributed by atoms with Gasteiger partial charge in [-0.25, -0.2) is 13.2 Å². The first kappa shape index (κ1) is 11.0. The minimum absolute atomic E-state index is 2.49. The van der Waals surface area contributed by atoms with Crippen LogP contribution in [0.25, 0.3) is 0 Å². The Labute approximate surface area is 58.8 Å². The quantitative estimate of drug-likeness (QED) is 0.504. The van der Waals surface area contributed by atoms with Gasteiger partial charge in [0.2, 0.25) is 0 Å². The van der Waals surface area contributed by atoms with Crippen LogP contribution in [0.2, 0.25) is 0 Å². The van der Waals surface area contributed by atoms with Gasteiger partial charge in [0.05, 0.1) is 0 Å². The molecule has 0 aliphatic rings. The Hall–Kier alpha value is -0.0400. The Morgan fingerprint density at radius 1 is 1.00 bits per heavy atom. The van der Waals surface area contributed by atoms with Crippen LogP contribution in [0.3, 0.4) is 0 Å². The highest BCUT2D eigenvalue weighted by Crippen LogP contribution is 2.42. The van der Waals surface area contributed by atoms with Crippen LogP contribution in [0.5, 0.6) is 0 Å². The molecule has 0 spiro atoms. The molecule has 0 aliphatic heterocycles. The van der Waals surface area contributed by atoms with Crippen LogP contribution >= 0.6 is 8.60 Å². The molecule has 68 valence electrons. The van der Waals surface area contributed by atoms with Crippen molar-refractivity contribution >= 4 is 8.60 Å². The summed E-state index contributed by atoms with van der Waals surface area (Å²) in [5.41, 5.74) is 0. The first-order valence-corrected chi connectivity index (χ1v) is 3.18. The highest BCUT2D eigenvalue weighted by Gasteiger charge is 2.28. The zero-order valence-corrected chi connectivity index (χ0v) is 5.61. The molecule has 0 amide bonds. The summed E-state index contributed by atoms with van der Waals surface area (Å²) in [7, 11) is -3.32. The fourth-order valence-corrected chi connectivity index (χ4v) is 0.514. The third-order valence-corrected chi connectivity index (χ3v) is 1.10. The molecule has 1 atom stereocenters. The Balaban J connectivity index is 3.62. The van der Waals surface area contributed by atoms with Crippen LogP contribution in [0, 0.1) is 0 Å². The van der Waals surface area contributed by atoms with Crippen LogP contribution in [-0.4, -0.2) is 12.8 Å². The molecule has 0 aromatic heterocycles. The van der Waals surface area contributed by atoms with Crippen molar-refractivity contribution in [3.8, 4) is 0 Å². The zero-order chi connectivity index (χ0) is 8.85. The van der Waals surface area contributed by atoms with Crippen molar-refractivity contribution in [2.45, 2.75) is 12.8 Å². The second kappa shape index (κ2) is 5.59. The molecule has 0 fully saturated rings. The van der Waals surface area contributed by atoms with E-state index in [-0.39, 0.29) is 0 Å². The largest absolute Gasteiger partial charge is 0.405 e. The molecule has 0 aliphatic carbocycles. The molecule has 11 heavy (non-hydrogen) atoms. The van der Waals surface area contributed by atoms with Gasteiger partial charge in [0.25, 0.3) is 12.8 Å². The summed E-state index contributed by atoms with van der Waals surface area (Å²) in [6.45, 7) is 0. The summed E-state index contributed by atoms with van der Waals surface area (Å²) in [6, 6.07) is 0. The van der Waals surface area contributed by atoms with E-state index >= 15 is 0 Å². The summed E-state index contributed by atoms with van der Waals surface area (Å²) >= 11 is 0. The van der Waals surface area contributed by atoms with Crippen molar-refractivity contribution in [3.63, 3.8) is 0 Å². The molecule has 0 aromatic carbocycles. The summed E-state index contributed by atoms with van der Waals surface area (Å²) in [5, 5.41) is 0. The molecular formula is C2H2F5O3P. The number of rotatable bonds is 5. The van der Waals surface area contributed by atoms with E-state index in [0.717, 1.165) is 0 Å². The smallest absolute Gasteiger partial charge is 0.267 e. The fraction of sp³-hybridized carbons (Fsp3) is 1.00. The van der Waals surface area contributed by atoms with E-state index in [0.29, 0.717) is 0 Å².